The SMILES string of the molecule is CC(C)CNCc1ccn(CC2CCCO2)c1. The summed E-state index contributed by atoms with van der Waals surface area (Å²) in [5.74, 6) is 0.712. The van der Waals surface area contributed by atoms with Gasteiger partial charge in [0, 0.05) is 32.1 Å². The molecule has 3 nitrogen and oxygen atoms in total. The molecule has 96 valence electrons. The lowest BCUT2D eigenvalue weighted by atomic mass is 10.2. The van der Waals surface area contributed by atoms with Crippen molar-refractivity contribution in [3.05, 3.63) is 24.0 Å². The summed E-state index contributed by atoms with van der Waals surface area (Å²) in [6, 6.07) is 2.20. The molecule has 2 heterocycles. The van der Waals surface area contributed by atoms with E-state index in [1.54, 1.807) is 0 Å². The average molecular weight is 236 g/mol. The molecule has 1 atom stereocenters. The van der Waals surface area contributed by atoms with Crippen molar-refractivity contribution in [2.45, 2.75) is 45.9 Å². The number of hydrogen-bond donors (Lipinski definition) is 1. The normalized spacial score (nSPS) is 20.3. The zero-order valence-electron chi connectivity index (χ0n) is 11.0. The number of nitrogens with zero attached hydrogens (tertiary/aromatic N) is 1. The van der Waals surface area contributed by atoms with Crippen LogP contribution in [0.5, 0.6) is 0 Å². The van der Waals surface area contributed by atoms with Gasteiger partial charge in [-0.15, -0.1) is 0 Å². The van der Waals surface area contributed by atoms with Crippen molar-refractivity contribution in [3.8, 4) is 0 Å². The van der Waals surface area contributed by atoms with Crippen molar-refractivity contribution < 1.29 is 4.74 Å². The van der Waals surface area contributed by atoms with Crippen LogP contribution >= 0.6 is 0 Å². The van der Waals surface area contributed by atoms with E-state index in [2.05, 4.69) is 42.2 Å². The smallest absolute Gasteiger partial charge is 0.0754 e. The Bertz CT molecular complexity index is 327. The van der Waals surface area contributed by atoms with E-state index in [1.165, 1.54) is 18.4 Å². The van der Waals surface area contributed by atoms with Gasteiger partial charge in [0.05, 0.1) is 6.10 Å². The first kappa shape index (κ1) is 12.7. The third-order valence-corrected chi connectivity index (χ3v) is 3.13. The summed E-state index contributed by atoms with van der Waals surface area (Å²) in [7, 11) is 0. The Morgan fingerprint density at radius 3 is 3.12 bits per heavy atom. The van der Waals surface area contributed by atoms with Crippen LogP contribution in [0.15, 0.2) is 18.5 Å². The van der Waals surface area contributed by atoms with E-state index in [1.807, 2.05) is 0 Å². The van der Waals surface area contributed by atoms with Crippen LogP contribution in [-0.2, 0) is 17.8 Å². The van der Waals surface area contributed by atoms with E-state index < -0.39 is 0 Å². The average Bonchev–Trinajstić information content (AvgIpc) is 2.90. The van der Waals surface area contributed by atoms with Crippen LogP contribution in [0.2, 0.25) is 0 Å². The quantitative estimate of drug-likeness (QED) is 0.821. The molecule has 0 aliphatic carbocycles. The maximum atomic E-state index is 5.64. The van der Waals surface area contributed by atoms with Crippen LogP contribution in [-0.4, -0.2) is 23.8 Å². The van der Waals surface area contributed by atoms with Gasteiger partial charge in [-0.3, -0.25) is 0 Å². The molecule has 1 fully saturated rings. The van der Waals surface area contributed by atoms with Crippen molar-refractivity contribution >= 4 is 0 Å². The van der Waals surface area contributed by atoms with E-state index >= 15 is 0 Å². The Hall–Kier alpha value is -0.800. The highest BCUT2D eigenvalue weighted by molar-refractivity contribution is 5.10. The Morgan fingerprint density at radius 1 is 1.53 bits per heavy atom. The number of nitrogens with one attached hydrogen (secondary N) is 1. The molecule has 0 spiro atoms. The molecule has 2 rings (SSSR count). The molecular formula is C14H24N2O. The van der Waals surface area contributed by atoms with E-state index in [4.69, 9.17) is 4.74 Å². The van der Waals surface area contributed by atoms with Crippen molar-refractivity contribution in [1.82, 2.24) is 9.88 Å². The van der Waals surface area contributed by atoms with Crippen molar-refractivity contribution in [2.24, 2.45) is 5.92 Å². The maximum absolute atomic E-state index is 5.64. The first-order valence-corrected chi connectivity index (χ1v) is 6.71. The Balaban J connectivity index is 1.75. The lowest BCUT2D eigenvalue weighted by Crippen LogP contribution is -2.18. The van der Waals surface area contributed by atoms with Gasteiger partial charge in [0.1, 0.15) is 0 Å². The van der Waals surface area contributed by atoms with Gasteiger partial charge in [-0.1, -0.05) is 13.8 Å². The van der Waals surface area contributed by atoms with Crippen LogP contribution in [0.4, 0.5) is 0 Å². The summed E-state index contributed by atoms with van der Waals surface area (Å²) in [5, 5.41) is 3.46. The Kier molecular flexibility index (Phi) is 4.63. The summed E-state index contributed by atoms with van der Waals surface area (Å²) < 4.78 is 7.89. The molecule has 0 saturated carbocycles. The molecule has 1 saturated heterocycles. The van der Waals surface area contributed by atoms with Crippen molar-refractivity contribution in [2.75, 3.05) is 13.2 Å². The number of rotatable bonds is 6. The number of ether oxygens (including phenoxy) is 1. The predicted octanol–water partition coefficient (Wildman–Crippen LogP) is 2.41. The number of hydrogen-bond acceptors (Lipinski definition) is 2. The molecule has 1 N–H and O–H groups in total. The van der Waals surface area contributed by atoms with Crippen LogP contribution in [0.25, 0.3) is 0 Å². The third kappa shape index (κ3) is 4.17. The second kappa shape index (κ2) is 6.22. The summed E-state index contributed by atoms with van der Waals surface area (Å²) >= 11 is 0. The second-order valence-electron chi connectivity index (χ2n) is 5.38. The highest BCUT2D eigenvalue weighted by Crippen LogP contribution is 2.14. The fourth-order valence-corrected chi connectivity index (χ4v) is 2.24. The van der Waals surface area contributed by atoms with E-state index in [0.717, 1.165) is 26.2 Å². The number of aromatic nitrogens is 1. The summed E-state index contributed by atoms with van der Waals surface area (Å²) in [4.78, 5) is 0. The van der Waals surface area contributed by atoms with Gasteiger partial charge in [-0.2, -0.15) is 0 Å². The minimum absolute atomic E-state index is 0.430. The van der Waals surface area contributed by atoms with E-state index in [-0.39, 0.29) is 0 Å². The second-order valence-corrected chi connectivity index (χ2v) is 5.38. The molecule has 0 amide bonds. The van der Waals surface area contributed by atoms with E-state index in [9.17, 15) is 0 Å². The molecule has 17 heavy (non-hydrogen) atoms. The van der Waals surface area contributed by atoms with Gasteiger partial charge >= 0.3 is 0 Å². The molecule has 0 radical (unpaired) electrons. The third-order valence-electron chi connectivity index (χ3n) is 3.13. The summed E-state index contributed by atoms with van der Waals surface area (Å²) in [6.07, 6.45) is 7.25. The van der Waals surface area contributed by atoms with Gasteiger partial charge < -0.3 is 14.6 Å². The van der Waals surface area contributed by atoms with Gasteiger partial charge in [0.15, 0.2) is 0 Å². The van der Waals surface area contributed by atoms with Crippen LogP contribution in [0.3, 0.4) is 0 Å². The lowest BCUT2D eigenvalue weighted by Gasteiger charge is -2.10. The minimum Gasteiger partial charge on any atom is -0.376 e. The summed E-state index contributed by atoms with van der Waals surface area (Å²) in [6.45, 7) is 8.46. The monoisotopic (exact) mass is 236 g/mol. The highest BCUT2D eigenvalue weighted by atomic mass is 16.5. The topological polar surface area (TPSA) is 26.2 Å². The zero-order valence-corrected chi connectivity index (χ0v) is 11.0. The van der Waals surface area contributed by atoms with Crippen LogP contribution in [0, 0.1) is 5.92 Å². The van der Waals surface area contributed by atoms with Crippen molar-refractivity contribution in [1.29, 1.82) is 0 Å². The Morgan fingerprint density at radius 2 is 2.41 bits per heavy atom. The lowest BCUT2D eigenvalue weighted by molar-refractivity contribution is 0.0971. The maximum Gasteiger partial charge on any atom is 0.0754 e. The zero-order chi connectivity index (χ0) is 12.1. The van der Waals surface area contributed by atoms with E-state index in [0.29, 0.717) is 12.0 Å². The summed E-state index contributed by atoms with van der Waals surface area (Å²) in [5.41, 5.74) is 1.36. The molecule has 1 aliphatic rings. The molecule has 1 unspecified atom stereocenters. The first-order valence-electron chi connectivity index (χ1n) is 6.71. The Labute approximate surface area is 104 Å². The van der Waals surface area contributed by atoms with Gasteiger partial charge in [0.25, 0.3) is 0 Å². The van der Waals surface area contributed by atoms with Gasteiger partial charge in [0.2, 0.25) is 0 Å². The molecule has 0 aromatic carbocycles. The fraction of sp³-hybridized carbons (Fsp3) is 0.714. The van der Waals surface area contributed by atoms with Gasteiger partial charge in [-0.25, -0.2) is 0 Å². The predicted molar refractivity (Wildman–Crippen MR) is 70.0 cm³/mol. The largest absolute Gasteiger partial charge is 0.376 e. The van der Waals surface area contributed by atoms with Crippen molar-refractivity contribution in [3.63, 3.8) is 0 Å². The molecule has 1 aliphatic heterocycles. The fourth-order valence-electron chi connectivity index (χ4n) is 2.24. The van der Waals surface area contributed by atoms with Crippen LogP contribution in [0.1, 0.15) is 32.3 Å². The standard InChI is InChI=1S/C14H24N2O/c1-12(2)8-15-9-13-5-6-16(10-13)11-14-4-3-7-17-14/h5-6,10,12,14-15H,3-4,7-9,11H2,1-2H3. The molecule has 1 aromatic heterocycles. The highest BCUT2D eigenvalue weighted by Gasteiger charge is 2.15. The first-order chi connectivity index (χ1) is 8.24. The molecular weight excluding hydrogens is 212 g/mol. The van der Waals surface area contributed by atoms with Gasteiger partial charge in [-0.05, 0) is 36.9 Å². The molecule has 1 aromatic rings. The minimum atomic E-state index is 0.430. The molecule has 3 heteroatoms. The molecule has 0 bridgehead atoms. The van der Waals surface area contributed by atoms with Crippen LogP contribution < -0.4 is 5.32 Å².